The van der Waals surface area contributed by atoms with Crippen molar-refractivity contribution in [1.82, 2.24) is 4.98 Å². The van der Waals surface area contributed by atoms with Gasteiger partial charge in [-0.25, -0.2) is 4.98 Å². The molecule has 202 valence electrons. The van der Waals surface area contributed by atoms with Crippen LogP contribution in [0.5, 0.6) is 0 Å². The Morgan fingerprint density at radius 1 is 0.895 bits per heavy atom. The van der Waals surface area contributed by atoms with Crippen LogP contribution in [-0.2, 0) is 32.0 Å². The lowest BCUT2D eigenvalue weighted by Gasteiger charge is -2.32. The maximum atomic E-state index is 6.43. The first kappa shape index (κ1) is 27.1. The molecule has 1 aliphatic heterocycles. The average molecular weight is 517 g/mol. The molecule has 1 aromatic heterocycles. The van der Waals surface area contributed by atoms with E-state index in [0.29, 0.717) is 19.1 Å². The smallest absolute Gasteiger partial charge is 0.441 e. The maximum absolute atomic E-state index is 6.43. The summed E-state index contributed by atoms with van der Waals surface area (Å²) in [4.78, 5) is 4.72. The summed E-state index contributed by atoms with van der Waals surface area (Å²) < 4.78 is 31.3. The van der Waals surface area contributed by atoms with Crippen molar-refractivity contribution in [2.75, 3.05) is 0 Å². The molecule has 6 nitrogen and oxygen atoms in total. The molecule has 1 saturated carbocycles. The molecule has 3 aromatic rings. The van der Waals surface area contributed by atoms with Crippen molar-refractivity contribution in [3.05, 3.63) is 71.1 Å². The molecule has 5 rings (SSSR count). The van der Waals surface area contributed by atoms with Crippen LogP contribution in [0.1, 0.15) is 76.0 Å². The van der Waals surface area contributed by atoms with E-state index in [0.717, 1.165) is 53.7 Å². The molecule has 2 atom stereocenters. The second-order valence-electron chi connectivity index (χ2n) is 11.7. The molecular formula is C31H40BNO5. The molecule has 1 saturated heterocycles. The zero-order valence-electron chi connectivity index (χ0n) is 23.6. The number of hydrogen-bond acceptors (Lipinski definition) is 6. The van der Waals surface area contributed by atoms with E-state index in [-0.39, 0.29) is 23.4 Å². The highest BCUT2D eigenvalue weighted by Gasteiger charge is 2.52. The van der Waals surface area contributed by atoms with Gasteiger partial charge < -0.3 is 23.2 Å². The van der Waals surface area contributed by atoms with Crippen LogP contribution in [0.2, 0.25) is 0 Å². The number of oxazole rings is 1. The topological polar surface area (TPSA) is 63.0 Å². The number of nitrogens with zero attached hydrogens (tertiary/aromatic N) is 1. The highest BCUT2D eigenvalue weighted by atomic mass is 16.7. The molecule has 7 heteroatoms. The van der Waals surface area contributed by atoms with E-state index < -0.39 is 7.12 Å². The Morgan fingerprint density at radius 3 is 2.29 bits per heavy atom. The summed E-state index contributed by atoms with van der Waals surface area (Å²) >= 11 is 0. The molecule has 0 amide bonds. The van der Waals surface area contributed by atoms with Gasteiger partial charge in [0, 0.05) is 5.56 Å². The van der Waals surface area contributed by atoms with Crippen LogP contribution in [0, 0.1) is 13.8 Å². The van der Waals surface area contributed by atoms with Gasteiger partial charge in [0.2, 0.25) is 5.89 Å². The Balaban J connectivity index is 1.16. The highest BCUT2D eigenvalue weighted by Crippen LogP contribution is 2.37. The van der Waals surface area contributed by atoms with Gasteiger partial charge in [-0.1, -0.05) is 42.0 Å². The largest absolute Gasteiger partial charge is 0.495 e. The molecule has 38 heavy (non-hydrogen) atoms. The first-order valence-electron chi connectivity index (χ1n) is 13.8. The SMILES string of the molecule is Cc1cccc(-c2nc(CO[C@@H]3CCC[C@H](OCc4ccccc4B4OC(C)(C)C(C)(C)O4)C3)c(C)o2)c1. The van der Waals surface area contributed by atoms with Crippen LogP contribution >= 0.6 is 0 Å². The van der Waals surface area contributed by atoms with Crippen LogP contribution in [0.3, 0.4) is 0 Å². The predicted octanol–water partition coefficient (Wildman–Crippen LogP) is 6.30. The van der Waals surface area contributed by atoms with Crippen molar-refractivity contribution in [2.24, 2.45) is 0 Å². The molecule has 0 radical (unpaired) electrons. The van der Waals surface area contributed by atoms with Crippen molar-refractivity contribution in [1.29, 1.82) is 0 Å². The summed E-state index contributed by atoms with van der Waals surface area (Å²) in [5.74, 6) is 1.46. The first-order valence-corrected chi connectivity index (χ1v) is 13.8. The fourth-order valence-electron chi connectivity index (χ4n) is 5.14. The second kappa shape index (κ2) is 11.0. The monoisotopic (exact) mass is 517 g/mol. The van der Waals surface area contributed by atoms with E-state index in [2.05, 4.69) is 58.9 Å². The van der Waals surface area contributed by atoms with Crippen molar-refractivity contribution < 1.29 is 23.2 Å². The Labute approximate surface area is 227 Å². The number of rotatable bonds is 8. The Kier molecular flexibility index (Phi) is 7.83. The molecule has 1 aliphatic carbocycles. The quantitative estimate of drug-likeness (QED) is 0.327. The van der Waals surface area contributed by atoms with E-state index in [1.165, 1.54) is 5.56 Å². The lowest BCUT2D eigenvalue weighted by molar-refractivity contribution is -0.0561. The van der Waals surface area contributed by atoms with Crippen LogP contribution < -0.4 is 5.46 Å². The molecule has 2 heterocycles. The van der Waals surface area contributed by atoms with E-state index in [1.54, 1.807) is 0 Å². The molecule has 0 unspecified atom stereocenters. The second-order valence-corrected chi connectivity index (χ2v) is 11.7. The number of aryl methyl sites for hydroxylation is 2. The zero-order valence-corrected chi connectivity index (χ0v) is 23.6. The summed E-state index contributed by atoms with van der Waals surface area (Å²) in [5.41, 5.74) is 4.44. The minimum absolute atomic E-state index is 0.144. The summed E-state index contributed by atoms with van der Waals surface area (Å²) in [6, 6.07) is 16.5. The molecule has 2 aliphatic rings. The van der Waals surface area contributed by atoms with Crippen molar-refractivity contribution in [3.8, 4) is 11.5 Å². The van der Waals surface area contributed by atoms with Gasteiger partial charge in [0.15, 0.2) is 0 Å². The maximum Gasteiger partial charge on any atom is 0.495 e. The predicted molar refractivity (Wildman–Crippen MR) is 149 cm³/mol. The minimum atomic E-state index is -0.391. The average Bonchev–Trinajstić information content (AvgIpc) is 3.36. The van der Waals surface area contributed by atoms with Gasteiger partial charge in [0.25, 0.3) is 0 Å². The van der Waals surface area contributed by atoms with Gasteiger partial charge in [-0.2, -0.15) is 0 Å². The van der Waals surface area contributed by atoms with Crippen molar-refractivity contribution >= 4 is 12.6 Å². The van der Waals surface area contributed by atoms with Gasteiger partial charge in [-0.05, 0) is 90.4 Å². The molecular weight excluding hydrogens is 477 g/mol. The van der Waals surface area contributed by atoms with Crippen molar-refractivity contribution in [2.45, 2.75) is 104 Å². The molecule has 2 fully saturated rings. The van der Waals surface area contributed by atoms with E-state index in [9.17, 15) is 0 Å². The van der Waals surface area contributed by atoms with Crippen LogP contribution in [0.15, 0.2) is 52.9 Å². The molecule has 2 aromatic carbocycles. The first-order chi connectivity index (χ1) is 18.1. The normalized spacial score (nSPS) is 22.6. The Hall–Kier alpha value is -2.45. The van der Waals surface area contributed by atoms with Gasteiger partial charge >= 0.3 is 7.12 Å². The highest BCUT2D eigenvalue weighted by molar-refractivity contribution is 6.62. The van der Waals surface area contributed by atoms with E-state index in [4.69, 9.17) is 28.2 Å². The summed E-state index contributed by atoms with van der Waals surface area (Å²) in [6.07, 6.45) is 4.33. The van der Waals surface area contributed by atoms with Crippen LogP contribution in [0.4, 0.5) is 0 Å². The number of ether oxygens (including phenoxy) is 2. The third kappa shape index (κ3) is 5.91. The van der Waals surface area contributed by atoms with Gasteiger partial charge in [-0.3, -0.25) is 0 Å². The van der Waals surface area contributed by atoms with Crippen LogP contribution in [-0.4, -0.2) is 35.5 Å². The zero-order chi connectivity index (χ0) is 26.9. The third-order valence-corrected chi connectivity index (χ3v) is 8.23. The number of aromatic nitrogens is 1. The van der Waals surface area contributed by atoms with Gasteiger partial charge in [0.05, 0.1) is 36.6 Å². The van der Waals surface area contributed by atoms with E-state index >= 15 is 0 Å². The molecule has 0 N–H and O–H groups in total. The number of hydrogen-bond donors (Lipinski definition) is 0. The third-order valence-electron chi connectivity index (χ3n) is 8.23. The fourth-order valence-corrected chi connectivity index (χ4v) is 5.14. The molecule has 0 bridgehead atoms. The lowest BCUT2D eigenvalue weighted by Crippen LogP contribution is -2.41. The number of benzene rings is 2. The summed E-state index contributed by atoms with van der Waals surface area (Å²) in [7, 11) is -0.391. The Bertz CT molecular complexity index is 1240. The molecule has 0 spiro atoms. The summed E-state index contributed by atoms with van der Waals surface area (Å²) in [6.45, 7) is 13.3. The Morgan fingerprint density at radius 2 is 1.58 bits per heavy atom. The minimum Gasteiger partial charge on any atom is -0.441 e. The van der Waals surface area contributed by atoms with Gasteiger partial charge in [0.1, 0.15) is 11.5 Å². The van der Waals surface area contributed by atoms with E-state index in [1.807, 2.05) is 31.2 Å². The fraction of sp³-hybridized carbons (Fsp3) is 0.516. The van der Waals surface area contributed by atoms with Gasteiger partial charge in [-0.15, -0.1) is 0 Å². The summed E-state index contributed by atoms with van der Waals surface area (Å²) in [5, 5.41) is 0. The lowest BCUT2D eigenvalue weighted by atomic mass is 9.76. The standard InChI is InChI=1S/C31H40BNO5/c1-21-11-9-13-23(17-21)29-33-28(22(2)36-29)20-35-26-15-10-14-25(18-26)34-19-24-12-7-8-16-27(24)32-37-30(3,4)31(5,6)38-32/h7-9,11-13,16-17,25-26H,10,14-15,18-20H2,1-6H3/t25-,26+/m0/s1. The van der Waals surface area contributed by atoms with Crippen molar-refractivity contribution in [3.63, 3.8) is 0 Å². The van der Waals surface area contributed by atoms with Crippen LogP contribution in [0.25, 0.3) is 11.5 Å².